The molecule has 1 aromatic heterocycles. The van der Waals surface area contributed by atoms with E-state index >= 15 is 0 Å². The van der Waals surface area contributed by atoms with Gasteiger partial charge in [0.25, 0.3) is 0 Å². The van der Waals surface area contributed by atoms with Gasteiger partial charge in [0.15, 0.2) is 0 Å². The zero-order valence-electron chi connectivity index (χ0n) is 10.2. The van der Waals surface area contributed by atoms with Gasteiger partial charge in [0.2, 0.25) is 0 Å². The van der Waals surface area contributed by atoms with Crippen molar-refractivity contribution in [3.05, 3.63) is 46.5 Å². The van der Waals surface area contributed by atoms with Crippen molar-refractivity contribution in [3.63, 3.8) is 0 Å². The summed E-state index contributed by atoms with van der Waals surface area (Å²) >= 11 is 5.26. The van der Waals surface area contributed by atoms with E-state index in [9.17, 15) is 0 Å². The maximum Gasteiger partial charge on any atom is 0.116 e. The lowest BCUT2D eigenvalue weighted by Gasteiger charge is -2.00. The zero-order valence-corrected chi connectivity index (χ0v) is 12.6. The Hall–Kier alpha value is -0.780. The van der Waals surface area contributed by atoms with Crippen LogP contribution in [0.2, 0.25) is 0 Å². The Labute approximate surface area is 120 Å². The summed E-state index contributed by atoms with van der Waals surface area (Å²) in [6.45, 7) is 3.92. The molecule has 0 unspecified atom stereocenters. The average Bonchev–Trinajstić information content (AvgIpc) is 2.82. The standard InChI is InChI=1S/C13H16BrN3S/c1-2-15-7-11-8-16-13(17-11)9-18-12-5-3-4-10(14)6-12/h3-6,8,15H,2,7,9H2,1H3,(H,16,17). The lowest BCUT2D eigenvalue weighted by molar-refractivity contribution is 0.713. The van der Waals surface area contributed by atoms with Crippen molar-refractivity contribution >= 4 is 27.7 Å². The molecule has 0 aliphatic heterocycles. The molecule has 0 atom stereocenters. The highest BCUT2D eigenvalue weighted by atomic mass is 79.9. The minimum Gasteiger partial charge on any atom is -0.344 e. The molecule has 2 N–H and O–H groups in total. The van der Waals surface area contributed by atoms with Gasteiger partial charge in [-0.05, 0) is 24.7 Å². The van der Waals surface area contributed by atoms with Crippen molar-refractivity contribution < 1.29 is 0 Å². The molecule has 0 saturated carbocycles. The molecule has 0 fully saturated rings. The average molecular weight is 326 g/mol. The van der Waals surface area contributed by atoms with Crippen LogP contribution in [0.3, 0.4) is 0 Å². The molecule has 0 bridgehead atoms. The van der Waals surface area contributed by atoms with Crippen molar-refractivity contribution in [1.29, 1.82) is 0 Å². The molecule has 1 aromatic carbocycles. The fourth-order valence-electron chi connectivity index (χ4n) is 1.54. The molecule has 0 radical (unpaired) electrons. The number of nitrogens with one attached hydrogen (secondary N) is 2. The maximum atomic E-state index is 4.38. The summed E-state index contributed by atoms with van der Waals surface area (Å²) < 4.78 is 1.11. The van der Waals surface area contributed by atoms with Crippen LogP contribution >= 0.6 is 27.7 Å². The molecule has 0 amide bonds. The smallest absolute Gasteiger partial charge is 0.116 e. The number of aromatic nitrogens is 2. The number of imidazole rings is 1. The highest BCUT2D eigenvalue weighted by Crippen LogP contribution is 2.24. The number of H-pyrrole nitrogens is 1. The van der Waals surface area contributed by atoms with E-state index in [0.717, 1.165) is 34.8 Å². The summed E-state index contributed by atoms with van der Waals surface area (Å²) in [5, 5.41) is 3.27. The number of halogens is 1. The van der Waals surface area contributed by atoms with E-state index in [-0.39, 0.29) is 0 Å². The third kappa shape index (κ3) is 4.15. The second-order valence-corrected chi connectivity index (χ2v) is 5.85. The summed E-state index contributed by atoms with van der Waals surface area (Å²) in [5.41, 5.74) is 1.14. The zero-order chi connectivity index (χ0) is 12.8. The van der Waals surface area contributed by atoms with E-state index in [4.69, 9.17) is 0 Å². The van der Waals surface area contributed by atoms with Crippen LogP contribution in [0, 0.1) is 0 Å². The summed E-state index contributed by atoms with van der Waals surface area (Å²) in [5.74, 6) is 1.88. The second-order valence-electron chi connectivity index (χ2n) is 3.88. The molecule has 0 saturated heterocycles. The number of benzene rings is 1. The number of hydrogen-bond donors (Lipinski definition) is 2. The predicted octanol–water partition coefficient (Wildman–Crippen LogP) is 3.57. The van der Waals surface area contributed by atoms with Gasteiger partial charge in [-0.15, -0.1) is 11.8 Å². The topological polar surface area (TPSA) is 40.7 Å². The first kappa shape index (κ1) is 13.6. The van der Waals surface area contributed by atoms with Crippen LogP contribution in [-0.2, 0) is 12.3 Å². The van der Waals surface area contributed by atoms with E-state index in [2.05, 4.69) is 50.3 Å². The Kier molecular flexibility index (Phi) is 5.28. The second kappa shape index (κ2) is 6.97. The largest absolute Gasteiger partial charge is 0.344 e. The van der Waals surface area contributed by atoms with Crippen molar-refractivity contribution in [2.75, 3.05) is 6.54 Å². The number of nitrogens with zero attached hydrogens (tertiary/aromatic N) is 1. The predicted molar refractivity (Wildman–Crippen MR) is 79.7 cm³/mol. The minimum absolute atomic E-state index is 0.852. The third-order valence-corrected chi connectivity index (χ3v) is 3.92. The van der Waals surface area contributed by atoms with Crippen LogP contribution < -0.4 is 5.32 Å². The van der Waals surface area contributed by atoms with Crippen molar-refractivity contribution in [2.45, 2.75) is 24.1 Å². The van der Waals surface area contributed by atoms with E-state index in [0.29, 0.717) is 0 Å². The highest BCUT2D eigenvalue weighted by molar-refractivity contribution is 9.10. The molecule has 2 rings (SSSR count). The van der Waals surface area contributed by atoms with Gasteiger partial charge in [-0.3, -0.25) is 0 Å². The number of hydrogen-bond acceptors (Lipinski definition) is 3. The molecular formula is C13H16BrN3S. The van der Waals surface area contributed by atoms with Gasteiger partial charge in [-0.25, -0.2) is 4.98 Å². The van der Waals surface area contributed by atoms with Crippen LogP contribution in [0.1, 0.15) is 18.4 Å². The Morgan fingerprint density at radius 2 is 2.33 bits per heavy atom. The fourth-order valence-corrected chi connectivity index (χ4v) is 2.92. The van der Waals surface area contributed by atoms with Crippen molar-refractivity contribution in [1.82, 2.24) is 15.3 Å². The highest BCUT2D eigenvalue weighted by Gasteiger charge is 2.02. The van der Waals surface area contributed by atoms with E-state index in [1.165, 1.54) is 4.90 Å². The first-order valence-electron chi connectivity index (χ1n) is 5.89. The van der Waals surface area contributed by atoms with Gasteiger partial charge in [0, 0.05) is 27.8 Å². The van der Waals surface area contributed by atoms with Gasteiger partial charge in [0.05, 0.1) is 5.75 Å². The lowest BCUT2D eigenvalue weighted by Crippen LogP contribution is -2.11. The molecule has 2 aromatic rings. The Morgan fingerprint density at radius 1 is 1.44 bits per heavy atom. The Morgan fingerprint density at radius 3 is 3.11 bits per heavy atom. The van der Waals surface area contributed by atoms with Crippen LogP contribution in [0.25, 0.3) is 0 Å². The number of thioether (sulfide) groups is 1. The first-order chi connectivity index (χ1) is 8.78. The van der Waals surface area contributed by atoms with E-state index in [1.807, 2.05) is 18.3 Å². The molecule has 0 aliphatic rings. The van der Waals surface area contributed by atoms with Crippen molar-refractivity contribution in [3.8, 4) is 0 Å². The quantitative estimate of drug-likeness (QED) is 0.797. The van der Waals surface area contributed by atoms with Crippen LogP contribution in [-0.4, -0.2) is 16.5 Å². The van der Waals surface area contributed by atoms with Gasteiger partial charge in [-0.1, -0.05) is 28.9 Å². The van der Waals surface area contributed by atoms with Crippen LogP contribution in [0.15, 0.2) is 39.8 Å². The van der Waals surface area contributed by atoms with Gasteiger partial charge in [0.1, 0.15) is 5.82 Å². The number of rotatable bonds is 6. The summed E-state index contributed by atoms with van der Waals surface area (Å²) in [6.07, 6.45) is 1.90. The SMILES string of the molecule is CCNCc1cnc(CSc2cccc(Br)c2)[nH]1. The molecule has 96 valence electrons. The van der Waals surface area contributed by atoms with Gasteiger partial charge < -0.3 is 10.3 Å². The van der Waals surface area contributed by atoms with Gasteiger partial charge >= 0.3 is 0 Å². The van der Waals surface area contributed by atoms with E-state index in [1.54, 1.807) is 11.8 Å². The van der Waals surface area contributed by atoms with E-state index < -0.39 is 0 Å². The lowest BCUT2D eigenvalue weighted by atomic mass is 10.4. The number of aromatic amines is 1. The van der Waals surface area contributed by atoms with Crippen LogP contribution in [0.4, 0.5) is 0 Å². The monoisotopic (exact) mass is 325 g/mol. The molecule has 0 aliphatic carbocycles. The molecule has 3 nitrogen and oxygen atoms in total. The fraction of sp³-hybridized carbons (Fsp3) is 0.308. The third-order valence-electron chi connectivity index (χ3n) is 2.42. The summed E-state index contributed by atoms with van der Waals surface area (Å²) in [6, 6.07) is 8.31. The first-order valence-corrected chi connectivity index (χ1v) is 7.67. The summed E-state index contributed by atoms with van der Waals surface area (Å²) in [4.78, 5) is 8.95. The maximum absolute atomic E-state index is 4.38. The van der Waals surface area contributed by atoms with Crippen LogP contribution in [0.5, 0.6) is 0 Å². The molecular weight excluding hydrogens is 310 g/mol. The Balaban J connectivity index is 1.88. The molecule has 0 spiro atoms. The summed E-state index contributed by atoms with van der Waals surface area (Å²) in [7, 11) is 0. The minimum atomic E-state index is 0.852. The molecule has 1 heterocycles. The Bertz CT molecular complexity index is 498. The molecule has 18 heavy (non-hydrogen) atoms. The molecule has 5 heteroatoms. The van der Waals surface area contributed by atoms with Gasteiger partial charge in [-0.2, -0.15) is 0 Å². The van der Waals surface area contributed by atoms with Crippen molar-refractivity contribution in [2.24, 2.45) is 0 Å². The normalized spacial score (nSPS) is 10.8.